The average molecular weight is 412 g/mol. The summed E-state index contributed by atoms with van der Waals surface area (Å²) in [7, 11) is 1.59. The maximum absolute atomic E-state index is 11.9. The van der Waals surface area contributed by atoms with E-state index in [4.69, 9.17) is 4.74 Å². The van der Waals surface area contributed by atoms with Gasteiger partial charge >= 0.3 is 0 Å². The van der Waals surface area contributed by atoms with Crippen LogP contribution in [0, 0.1) is 0 Å². The van der Waals surface area contributed by atoms with E-state index in [2.05, 4.69) is 42.2 Å². The zero-order chi connectivity index (χ0) is 15.2. The van der Waals surface area contributed by atoms with Crippen LogP contribution in [0.25, 0.3) is 6.08 Å². The van der Waals surface area contributed by atoms with Crippen LogP contribution in [0.15, 0.2) is 51.6 Å². The summed E-state index contributed by atoms with van der Waals surface area (Å²) in [4.78, 5) is 15.9. The lowest BCUT2D eigenvalue weighted by molar-refractivity contribution is -0.111. The smallest absolute Gasteiger partial charge is 0.249 e. The summed E-state index contributed by atoms with van der Waals surface area (Å²) in [5.74, 6) is 0.935. The van der Waals surface area contributed by atoms with Gasteiger partial charge < -0.3 is 10.1 Å². The molecular formula is C15H12Br2N2O2. The molecule has 0 aliphatic heterocycles. The molecule has 0 bridgehead atoms. The number of anilines is 1. The number of hydrogen-bond acceptors (Lipinski definition) is 3. The lowest BCUT2D eigenvalue weighted by atomic mass is 10.2. The van der Waals surface area contributed by atoms with Gasteiger partial charge in [0.05, 0.1) is 7.11 Å². The molecule has 1 aromatic heterocycles. The van der Waals surface area contributed by atoms with E-state index in [1.54, 1.807) is 25.4 Å². The molecule has 0 saturated heterocycles. The highest BCUT2D eigenvalue weighted by molar-refractivity contribution is 9.10. The average Bonchev–Trinajstić information content (AvgIpc) is 2.48. The maximum atomic E-state index is 11.9. The van der Waals surface area contributed by atoms with Crippen molar-refractivity contribution in [3.63, 3.8) is 0 Å². The molecule has 1 N–H and O–H groups in total. The van der Waals surface area contributed by atoms with Crippen LogP contribution in [0.1, 0.15) is 5.56 Å². The number of hydrogen-bond donors (Lipinski definition) is 1. The molecule has 0 atom stereocenters. The quantitative estimate of drug-likeness (QED) is 0.764. The summed E-state index contributed by atoms with van der Waals surface area (Å²) in [5, 5.41) is 2.68. The van der Waals surface area contributed by atoms with E-state index < -0.39 is 0 Å². The second-order valence-corrected chi connectivity index (χ2v) is 5.90. The first-order valence-electron chi connectivity index (χ1n) is 6.02. The molecule has 0 aliphatic carbocycles. The highest BCUT2D eigenvalue weighted by Gasteiger charge is 2.02. The standard InChI is InChI=1S/C15H12Br2N2O2/c1-21-13-5-3-11(16)8-10(13)2-7-15(20)19-14-6-4-12(17)9-18-14/h2-9H,1H3,(H,18,19,20). The lowest BCUT2D eigenvalue weighted by Crippen LogP contribution is -2.08. The largest absolute Gasteiger partial charge is 0.496 e. The van der Waals surface area contributed by atoms with E-state index in [0.717, 1.165) is 14.5 Å². The van der Waals surface area contributed by atoms with E-state index in [1.807, 2.05) is 24.3 Å². The third-order valence-electron chi connectivity index (χ3n) is 2.58. The summed E-state index contributed by atoms with van der Waals surface area (Å²) in [6.45, 7) is 0. The third kappa shape index (κ3) is 4.68. The van der Waals surface area contributed by atoms with Gasteiger partial charge in [0.1, 0.15) is 11.6 Å². The minimum atomic E-state index is -0.258. The lowest BCUT2D eigenvalue weighted by Gasteiger charge is -2.05. The van der Waals surface area contributed by atoms with Crippen LogP contribution in [0.4, 0.5) is 5.82 Å². The second kappa shape index (κ2) is 7.38. The molecule has 0 unspecified atom stereocenters. The van der Waals surface area contributed by atoms with Crippen molar-refractivity contribution in [2.45, 2.75) is 0 Å². The number of carbonyl (C=O) groups excluding carboxylic acids is 1. The van der Waals surface area contributed by atoms with Gasteiger partial charge in [-0.1, -0.05) is 15.9 Å². The predicted molar refractivity (Wildman–Crippen MR) is 90.3 cm³/mol. The Balaban J connectivity index is 2.08. The number of amides is 1. The number of aromatic nitrogens is 1. The molecule has 4 nitrogen and oxygen atoms in total. The Morgan fingerprint density at radius 3 is 2.67 bits per heavy atom. The van der Waals surface area contributed by atoms with Gasteiger partial charge in [0.25, 0.3) is 0 Å². The summed E-state index contributed by atoms with van der Waals surface area (Å²) < 4.78 is 7.01. The van der Waals surface area contributed by atoms with Crippen molar-refractivity contribution in [2.75, 3.05) is 12.4 Å². The monoisotopic (exact) mass is 410 g/mol. The minimum absolute atomic E-state index is 0.258. The zero-order valence-electron chi connectivity index (χ0n) is 11.1. The van der Waals surface area contributed by atoms with E-state index in [0.29, 0.717) is 11.6 Å². The van der Waals surface area contributed by atoms with Crippen molar-refractivity contribution < 1.29 is 9.53 Å². The van der Waals surface area contributed by atoms with Gasteiger partial charge in [-0.2, -0.15) is 0 Å². The Morgan fingerprint density at radius 1 is 1.24 bits per heavy atom. The molecule has 0 fully saturated rings. The van der Waals surface area contributed by atoms with Crippen LogP contribution in [0.5, 0.6) is 5.75 Å². The molecular weight excluding hydrogens is 400 g/mol. The van der Waals surface area contributed by atoms with Crippen molar-refractivity contribution >= 4 is 49.7 Å². The predicted octanol–water partition coefficient (Wildman–Crippen LogP) is 4.27. The number of benzene rings is 1. The Morgan fingerprint density at radius 2 is 2.00 bits per heavy atom. The molecule has 108 valence electrons. The summed E-state index contributed by atoms with van der Waals surface area (Å²) in [5.41, 5.74) is 0.811. The van der Waals surface area contributed by atoms with Crippen LogP contribution >= 0.6 is 31.9 Å². The van der Waals surface area contributed by atoms with Gasteiger partial charge in [0, 0.05) is 26.8 Å². The first-order valence-corrected chi connectivity index (χ1v) is 7.61. The van der Waals surface area contributed by atoms with E-state index in [9.17, 15) is 4.79 Å². The topological polar surface area (TPSA) is 51.2 Å². The van der Waals surface area contributed by atoms with Crippen molar-refractivity contribution in [1.29, 1.82) is 0 Å². The molecule has 1 amide bonds. The molecule has 0 radical (unpaired) electrons. The van der Waals surface area contributed by atoms with Crippen LogP contribution in [0.2, 0.25) is 0 Å². The number of ether oxygens (including phenoxy) is 1. The Hall–Kier alpha value is -1.66. The highest BCUT2D eigenvalue weighted by atomic mass is 79.9. The normalized spacial score (nSPS) is 10.6. The summed E-state index contributed by atoms with van der Waals surface area (Å²) in [6.07, 6.45) is 4.75. The SMILES string of the molecule is COc1ccc(Br)cc1C=CC(=O)Nc1ccc(Br)cn1. The molecule has 2 rings (SSSR count). The first-order chi connectivity index (χ1) is 10.1. The fourth-order valence-electron chi connectivity index (χ4n) is 1.62. The van der Waals surface area contributed by atoms with Crippen LogP contribution < -0.4 is 10.1 Å². The van der Waals surface area contributed by atoms with Gasteiger partial charge in [-0.25, -0.2) is 4.98 Å². The van der Waals surface area contributed by atoms with Crippen LogP contribution in [-0.2, 0) is 4.79 Å². The van der Waals surface area contributed by atoms with Crippen molar-refractivity contribution in [1.82, 2.24) is 4.98 Å². The van der Waals surface area contributed by atoms with Crippen molar-refractivity contribution in [3.8, 4) is 5.75 Å². The highest BCUT2D eigenvalue weighted by Crippen LogP contribution is 2.24. The van der Waals surface area contributed by atoms with Crippen molar-refractivity contribution in [2.24, 2.45) is 0 Å². The Kier molecular flexibility index (Phi) is 5.52. The van der Waals surface area contributed by atoms with Crippen molar-refractivity contribution in [3.05, 3.63) is 57.1 Å². The van der Waals surface area contributed by atoms with Gasteiger partial charge in [-0.05, 0) is 52.3 Å². The summed E-state index contributed by atoms with van der Waals surface area (Å²) in [6, 6.07) is 9.11. The number of halogens is 2. The minimum Gasteiger partial charge on any atom is -0.496 e. The number of nitrogens with zero attached hydrogens (tertiary/aromatic N) is 1. The van der Waals surface area contributed by atoms with E-state index >= 15 is 0 Å². The van der Waals surface area contributed by atoms with Crippen LogP contribution in [-0.4, -0.2) is 18.0 Å². The molecule has 0 saturated carbocycles. The second-order valence-electron chi connectivity index (χ2n) is 4.07. The fourth-order valence-corrected chi connectivity index (χ4v) is 2.23. The van der Waals surface area contributed by atoms with Gasteiger partial charge in [-0.15, -0.1) is 0 Å². The molecule has 21 heavy (non-hydrogen) atoms. The van der Waals surface area contributed by atoms with Crippen LogP contribution in [0.3, 0.4) is 0 Å². The molecule has 1 aromatic carbocycles. The van der Waals surface area contributed by atoms with Gasteiger partial charge in [0.2, 0.25) is 5.91 Å². The zero-order valence-corrected chi connectivity index (χ0v) is 14.3. The van der Waals surface area contributed by atoms with Gasteiger partial charge in [-0.3, -0.25) is 4.79 Å². The van der Waals surface area contributed by atoms with Gasteiger partial charge in [0.15, 0.2) is 0 Å². The maximum Gasteiger partial charge on any atom is 0.249 e. The molecule has 0 spiro atoms. The third-order valence-corrected chi connectivity index (χ3v) is 3.55. The molecule has 6 heteroatoms. The summed E-state index contributed by atoms with van der Waals surface area (Å²) >= 11 is 6.68. The molecule has 1 heterocycles. The number of pyridine rings is 1. The van der Waals surface area contributed by atoms with E-state index in [1.165, 1.54) is 6.08 Å². The number of nitrogens with one attached hydrogen (secondary N) is 1. The van der Waals surface area contributed by atoms with E-state index in [-0.39, 0.29) is 5.91 Å². The number of methoxy groups -OCH3 is 1. The molecule has 0 aliphatic rings. The Bertz CT molecular complexity index is 670. The molecule has 2 aromatic rings. The first kappa shape index (κ1) is 15.7. The number of carbonyl (C=O) groups is 1. The number of rotatable bonds is 4. The fraction of sp³-hybridized carbons (Fsp3) is 0.0667. The Labute approximate surface area is 139 Å².